The van der Waals surface area contributed by atoms with Crippen LogP contribution in [0.15, 0.2) is 29.6 Å². The highest BCUT2D eigenvalue weighted by atomic mass is 32.1. The Morgan fingerprint density at radius 2 is 2.00 bits per heavy atom. The monoisotopic (exact) mass is 310 g/mol. The zero-order chi connectivity index (χ0) is 15.4. The average Bonchev–Trinajstić information content (AvgIpc) is 2.90. The largest absolute Gasteiger partial charge is 0.383 e. The van der Waals surface area contributed by atoms with Crippen LogP contribution in [-0.4, -0.2) is 19.0 Å². The van der Waals surface area contributed by atoms with Crippen LogP contribution < -0.4 is 10.6 Å². The van der Waals surface area contributed by atoms with E-state index in [1.807, 2.05) is 24.4 Å². The van der Waals surface area contributed by atoms with Crippen molar-refractivity contribution in [1.82, 2.24) is 5.32 Å². The standard InChI is InChI=1S/C15H16F2N2OS/c1-9(6-11-4-3-5-21-11)19-15(20)10-7-12(16)14(18-2)13(17)8-10/h3-5,7-9,18H,6H2,1-2H3,(H,19,20). The average molecular weight is 310 g/mol. The van der Waals surface area contributed by atoms with Gasteiger partial charge in [0.25, 0.3) is 5.91 Å². The third-order valence-electron chi connectivity index (χ3n) is 3.02. The summed E-state index contributed by atoms with van der Waals surface area (Å²) < 4.78 is 27.3. The van der Waals surface area contributed by atoms with Gasteiger partial charge in [-0.05, 0) is 30.5 Å². The zero-order valence-corrected chi connectivity index (χ0v) is 12.6. The number of hydrogen-bond donors (Lipinski definition) is 2. The first-order chi connectivity index (χ1) is 10.0. The van der Waals surface area contributed by atoms with Gasteiger partial charge in [-0.25, -0.2) is 8.78 Å². The number of thiophene rings is 1. The molecule has 0 bridgehead atoms. The Labute approximate surface area is 126 Å². The van der Waals surface area contributed by atoms with Crippen molar-refractivity contribution in [1.29, 1.82) is 0 Å². The van der Waals surface area contributed by atoms with Crippen LogP contribution >= 0.6 is 11.3 Å². The molecule has 1 aromatic carbocycles. The van der Waals surface area contributed by atoms with Crippen molar-refractivity contribution in [3.05, 3.63) is 51.7 Å². The molecule has 112 valence electrons. The van der Waals surface area contributed by atoms with Crippen LogP contribution in [0.25, 0.3) is 0 Å². The van der Waals surface area contributed by atoms with Crippen molar-refractivity contribution >= 4 is 22.9 Å². The molecule has 21 heavy (non-hydrogen) atoms. The summed E-state index contributed by atoms with van der Waals surface area (Å²) in [4.78, 5) is 13.2. The lowest BCUT2D eigenvalue weighted by molar-refractivity contribution is 0.0939. The molecule has 0 aliphatic heterocycles. The number of amides is 1. The summed E-state index contributed by atoms with van der Waals surface area (Å²) >= 11 is 1.60. The first-order valence-corrected chi connectivity index (χ1v) is 7.39. The second-order valence-corrected chi connectivity index (χ2v) is 5.76. The first-order valence-electron chi connectivity index (χ1n) is 6.51. The van der Waals surface area contributed by atoms with Gasteiger partial charge < -0.3 is 10.6 Å². The van der Waals surface area contributed by atoms with E-state index in [2.05, 4.69) is 10.6 Å². The second kappa shape index (κ2) is 6.67. The molecule has 1 unspecified atom stereocenters. The smallest absolute Gasteiger partial charge is 0.251 e. The maximum Gasteiger partial charge on any atom is 0.251 e. The molecule has 2 rings (SSSR count). The highest BCUT2D eigenvalue weighted by Gasteiger charge is 2.16. The van der Waals surface area contributed by atoms with Gasteiger partial charge in [0, 0.05) is 30.0 Å². The Balaban J connectivity index is 2.06. The summed E-state index contributed by atoms with van der Waals surface area (Å²) in [6, 6.07) is 5.86. The van der Waals surface area contributed by atoms with Gasteiger partial charge in [0.05, 0.1) is 0 Å². The van der Waals surface area contributed by atoms with E-state index in [0.29, 0.717) is 6.42 Å². The van der Waals surface area contributed by atoms with Gasteiger partial charge in [-0.3, -0.25) is 4.79 Å². The van der Waals surface area contributed by atoms with E-state index in [9.17, 15) is 13.6 Å². The van der Waals surface area contributed by atoms with E-state index in [-0.39, 0.29) is 17.3 Å². The fourth-order valence-electron chi connectivity index (χ4n) is 2.03. The highest BCUT2D eigenvalue weighted by molar-refractivity contribution is 7.09. The molecule has 0 fully saturated rings. The normalized spacial score (nSPS) is 12.0. The Bertz CT molecular complexity index is 606. The first kappa shape index (κ1) is 15.4. The van der Waals surface area contributed by atoms with Gasteiger partial charge in [-0.15, -0.1) is 11.3 Å². The Kier molecular flexibility index (Phi) is 4.90. The summed E-state index contributed by atoms with van der Waals surface area (Å²) in [6.07, 6.45) is 0.684. The molecule has 0 saturated carbocycles. The SMILES string of the molecule is CNc1c(F)cc(C(=O)NC(C)Cc2cccs2)cc1F. The topological polar surface area (TPSA) is 41.1 Å². The molecule has 1 atom stereocenters. The summed E-state index contributed by atoms with van der Waals surface area (Å²) in [5, 5.41) is 7.12. The molecule has 0 spiro atoms. The molecule has 3 nitrogen and oxygen atoms in total. The second-order valence-electron chi connectivity index (χ2n) is 4.72. The van der Waals surface area contributed by atoms with Crippen LogP contribution in [-0.2, 0) is 6.42 Å². The summed E-state index contributed by atoms with van der Waals surface area (Å²) in [7, 11) is 1.42. The summed E-state index contributed by atoms with van der Waals surface area (Å²) in [5.74, 6) is -2.05. The lowest BCUT2D eigenvalue weighted by atomic mass is 10.1. The molecule has 1 aromatic heterocycles. The van der Waals surface area contributed by atoms with Crippen LogP contribution in [0.1, 0.15) is 22.2 Å². The van der Waals surface area contributed by atoms with Gasteiger partial charge in [-0.2, -0.15) is 0 Å². The number of anilines is 1. The van der Waals surface area contributed by atoms with Crippen LogP contribution in [0, 0.1) is 11.6 Å². The number of hydrogen-bond acceptors (Lipinski definition) is 3. The Morgan fingerprint density at radius 3 is 2.52 bits per heavy atom. The Morgan fingerprint density at radius 1 is 1.33 bits per heavy atom. The van der Waals surface area contributed by atoms with Gasteiger partial charge in [0.2, 0.25) is 0 Å². The number of carbonyl (C=O) groups excluding carboxylic acids is 1. The van der Waals surface area contributed by atoms with Crippen molar-refractivity contribution < 1.29 is 13.6 Å². The van der Waals surface area contributed by atoms with Crippen LogP contribution in [0.3, 0.4) is 0 Å². The van der Waals surface area contributed by atoms with Crippen molar-refractivity contribution in [2.75, 3.05) is 12.4 Å². The van der Waals surface area contributed by atoms with Gasteiger partial charge >= 0.3 is 0 Å². The maximum atomic E-state index is 13.6. The van der Waals surface area contributed by atoms with E-state index in [1.165, 1.54) is 7.05 Å². The van der Waals surface area contributed by atoms with Crippen molar-refractivity contribution in [2.45, 2.75) is 19.4 Å². The number of rotatable bonds is 5. The molecule has 2 aromatic rings. The predicted octanol–water partition coefficient (Wildman–Crippen LogP) is 3.43. The van der Waals surface area contributed by atoms with E-state index in [1.54, 1.807) is 11.3 Å². The lowest BCUT2D eigenvalue weighted by Gasteiger charge is -2.14. The quantitative estimate of drug-likeness (QED) is 0.888. The molecule has 0 aliphatic carbocycles. The molecule has 0 saturated heterocycles. The van der Waals surface area contributed by atoms with Crippen molar-refractivity contribution in [3.8, 4) is 0 Å². The van der Waals surface area contributed by atoms with E-state index >= 15 is 0 Å². The number of benzene rings is 1. The van der Waals surface area contributed by atoms with E-state index < -0.39 is 17.5 Å². The third-order valence-corrected chi connectivity index (χ3v) is 3.92. The van der Waals surface area contributed by atoms with E-state index in [0.717, 1.165) is 17.0 Å². The Hall–Kier alpha value is -1.95. The summed E-state index contributed by atoms with van der Waals surface area (Å²) in [6.45, 7) is 1.85. The minimum atomic E-state index is -0.784. The number of carbonyl (C=O) groups is 1. The van der Waals surface area contributed by atoms with Gasteiger partial charge in [0.1, 0.15) is 17.3 Å². The van der Waals surface area contributed by atoms with Crippen LogP contribution in [0.5, 0.6) is 0 Å². The number of halogens is 2. The van der Waals surface area contributed by atoms with Crippen LogP contribution in [0.2, 0.25) is 0 Å². The molecule has 0 radical (unpaired) electrons. The fraction of sp³-hybridized carbons (Fsp3) is 0.267. The summed E-state index contributed by atoms with van der Waals surface area (Å²) in [5.41, 5.74) is -0.264. The fourth-order valence-corrected chi connectivity index (χ4v) is 2.87. The molecule has 1 amide bonds. The van der Waals surface area contributed by atoms with Crippen molar-refractivity contribution in [2.24, 2.45) is 0 Å². The molecule has 1 heterocycles. The number of nitrogens with one attached hydrogen (secondary N) is 2. The maximum absolute atomic E-state index is 13.6. The molecule has 2 N–H and O–H groups in total. The highest BCUT2D eigenvalue weighted by Crippen LogP contribution is 2.20. The molecular formula is C15H16F2N2OS. The lowest BCUT2D eigenvalue weighted by Crippen LogP contribution is -2.34. The van der Waals surface area contributed by atoms with Gasteiger partial charge in [0.15, 0.2) is 0 Å². The predicted molar refractivity (Wildman–Crippen MR) is 80.9 cm³/mol. The van der Waals surface area contributed by atoms with Gasteiger partial charge in [-0.1, -0.05) is 6.07 Å². The van der Waals surface area contributed by atoms with Crippen molar-refractivity contribution in [3.63, 3.8) is 0 Å². The third kappa shape index (κ3) is 3.78. The minimum absolute atomic E-state index is 0.0259. The van der Waals surface area contributed by atoms with Crippen LogP contribution in [0.4, 0.5) is 14.5 Å². The molecular weight excluding hydrogens is 294 g/mol. The molecule has 0 aliphatic rings. The molecule has 6 heteroatoms. The minimum Gasteiger partial charge on any atom is -0.383 e. The van der Waals surface area contributed by atoms with E-state index in [4.69, 9.17) is 0 Å². The zero-order valence-electron chi connectivity index (χ0n) is 11.7.